The highest BCUT2D eigenvalue weighted by atomic mass is 35.5. The van der Waals surface area contributed by atoms with Gasteiger partial charge >= 0.3 is 0 Å². The number of rotatable bonds is 4. The molecule has 4 heteroatoms. The van der Waals surface area contributed by atoms with Gasteiger partial charge in [-0.2, -0.15) is 0 Å². The Kier molecular flexibility index (Phi) is 4.49. The second kappa shape index (κ2) is 5.78. The Morgan fingerprint density at radius 2 is 2.26 bits per heavy atom. The van der Waals surface area contributed by atoms with Crippen LogP contribution >= 0.6 is 11.6 Å². The summed E-state index contributed by atoms with van der Waals surface area (Å²) in [7, 11) is 0. The second-order valence-electron chi connectivity index (χ2n) is 6.23. The van der Waals surface area contributed by atoms with Crippen molar-refractivity contribution in [3.8, 4) is 0 Å². The molecule has 0 saturated heterocycles. The third-order valence-electron chi connectivity index (χ3n) is 3.99. The number of benzene rings is 1. The van der Waals surface area contributed by atoms with Gasteiger partial charge in [-0.15, -0.1) is 0 Å². The normalized spacial score (nSPS) is 23.5. The lowest BCUT2D eigenvalue weighted by Gasteiger charge is -2.24. The van der Waals surface area contributed by atoms with E-state index in [1.165, 1.54) is 18.9 Å². The fraction of sp³-hybridized carbons (Fsp3) is 0.600. The van der Waals surface area contributed by atoms with E-state index < -0.39 is 0 Å². The lowest BCUT2D eigenvalue weighted by Crippen LogP contribution is -2.35. The van der Waals surface area contributed by atoms with Gasteiger partial charge in [0.1, 0.15) is 5.82 Å². The van der Waals surface area contributed by atoms with Crippen LogP contribution in [0.5, 0.6) is 0 Å². The van der Waals surface area contributed by atoms with Crippen molar-refractivity contribution in [2.45, 2.75) is 45.2 Å². The van der Waals surface area contributed by atoms with E-state index in [9.17, 15) is 4.39 Å². The van der Waals surface area contributed by atoms with Gasteiger partial charge in [0.05, 0.1) is 5.02 Å². The number of hydrogen-bond donors (Lipinski definition) is 2. The topological polar surface area (TPSA) is 38.0 Å². The van der Waals surface area contributed by atoms with Crippen molar-refractivity contribution in [1.82, 2.24) is 5.32 Å². The SMILES string of the molecule is CC1(C)CCC(NC(CN)c2ccc(F)c(Cl)c2)C1. The van der Waals surface area contributed by atoms with E-state index in [1.54, 1.807) is 12.1 Å². The summed E-state index contributed by atoms with van der Waals surface area (Å²) in [6, 6.07) is 5.35. The highest BCUT2D eigenvalue weighted by Crippen LogP contribution is 2.37. The third kappa shape index (κ3) is 3.68. The molecule has 0 amide bonds. The lowest BCUT2D eigenvalue weighted by molar-refractivity contribution is 0.353. The second-order valence-corrected chi connectivity index (χ2v) is 6.64. The molecule has 0 spiro atoms. The molecule has 0 aliphatic heterocycles. The minimum absolute atomic E-state index is 0.0389. The molecule has 3 N–H and O–H groups in total. The van der Waals surface area contributed by atoms with Crippen molar-refractivity contribution >= 4 is 11.6 Å². The van der Waals surface area contributed by atoms with Crippen molar-refractivity contribution in [1.29, 1.82) is 0 Å². The van der Waals surface area contributed by atoms with Gasteiger partial charge in [-0.3, -0.25) is 0 Å². The van der Waals surface area contributed by atoms with Gasteiger partial charge < -0.3 is 11.1 Å². The van der Waals surface area contributed by atoms with Gasteiger partial charge in [0, 0.05) is 18.6 Å². The van der Waals surface area contributed by atoms with Gasteiger partial charge in [-0.05, 0) is 42.4 Å². The fourth-order valence-electron chi connectivity index (χ4n) is 2.89. The summed E-state index contributed by atoms with van der Waals surface area (Å²) in [4.78, 5) is 0. The summed E-state index contributed by atoms with van der Waals surface area (Å²) < 4.78 is 13.2. The van der Waals surface area contributed by atoms with Crippen LogP contribution in [0, 0.1) is 11.2 Å². The first-order chi connectivity index (χ1) is 8.91. The number of nitrogens with two attached hydrogens (primary N) is 1. The Morgan fingerprint density at radius 1 is 1.53 bits per heavy atom. The largest absolute Gasteiger partial charge is 0.329 e. The molecule has 0 aromatic heterocycles. The Balaban J connectivity index is 2.06. The molecule has 2 atom stereocenters. The maximum Gasteiger partial charge on any atom is 0.141 e. The van der Waals surface area contributed by atoms with Crippen LogP contribution in [0.15, 0.2) is 18.2 Å². The van der Waals surface area contributed by atoms with Crippen molar-refractivity contribution in [3.63, 3.8) is 0 Å². The van der Waals surface area contributed by atoms with Gasteiger partial charge in [0.25, 0.3) is 0 Å². The van der Waals surface area contributed by atoms with Crippen LogP contribution in [0.1, 0.15) is 44.7 Å². The van der Waals surface area contributed by atoms with E-state index in [0.29, 0.717) is 18.0 Å². The standard InChI is InChI=1S/C15H22ClFN2/c1-15(2)6-5-11(8-15)19-14(9-18)10-3-4-13(17)12(16)7-10/h3-4,7,11,14,19H,5-6,8-9,18H2,1-2H3. The molecule has 2 nitrogen and oxygen atoms in total. The molecule has 1 aromatic rings. The zero-order valence-electron chi connectivity index (χ0n) is 11.5. The predicted octanol–water partition coefficient (Wildman–Crippen LogP) is 3.65. The molecule has 106 valence electrons. The first-order valence-corrected chi connectivity index (χ1v) is 7.20. The molecule has 19 heavy (non-hydrogen) atoms. The van der Waals surface area contributed by atoms with Crippen LogP contribution in [0.2, 0.25) is 5.02 Å². The van der Waals surface area contributed by atoms with Crippen molar-refractivity contribution < 1.29 is 4.39 Å². The van der Waals surface area contributed by atoms with Crippen molar-refractivity contribution in [2.75, 3.05) is 6.54 Å². The summed E-state index contributed by atoms with van der Waals surface area (Å²) >= 11 is 5.83. The highest BCUT2D eigenvalue weighted by Gasteiger charge is 2.31. The van der Waals surface area contributed by atoms with Crippen LogP contribution in [-0.4, -0.2) is 12.6 Å². The molecule has 1 saturated carbocycles. The maximum absolute atomic E-state index is 13.2. The Bertz CT molecular complexity index is 448. The van der Waals surface area contributed by atoms with Crippen LogP contribution in [0.3, 0.4) is 0 Å². The van der Waals surface area contributed by atoms with Crippen LogP contribution in [0.25, 0.3) is 0 Å². The predicted molar refractivity (Wildman–Crippen MR) is 77.8 cm³/mol. The van der Waals surface area contributed by atoms with Crippen molar-refractivity contribution in [2.24, 2.45) is 11.1 Å². The van der Waals surface area contributed by atoms with E-state index >= 15 is 0 Å². The van der Waals surface area contributed by atoms with E-state index in [-0.39, 0.29) is 16.9 Å². The molecule has 1 aliphatic carbocycles. The van der Waals surface area contributed by atoms with Crippen molar-refractivity contribution in [3.05, 3.63) is 34.6 Å². The lowest BCUT2D eigenvalue weighted by atomic mass is 9.91. The quantitative estimate of drug-likeness (QED) is 0.886. The van der Waals surface area contributed by atoms with Crippen LogP contribution < -0.4 is 11.1 Å². The maximum atomic E-state index is 13.2. The monoisotopic (exact) mass is 284 g/mol. The molecular formula is C15H22ClFN2. The van der Waals surface area contributed by atoms with E-state index in [4.69, 9.17) is 17.3 Å². The number of hydrogen-bond acceptors (Lipinski definition) is 2. The van der Waals surface area contributed by atoms with Gasteiger partial charge in [0.15, 0.2) is 0 Å². The smallest absolute Gasteiger partial charge is 0.141 e. The molecule has 0 radical (unpaired) electrons. The Hall–Kier alpha value is -0.640. The molecule has 0 bridgehead atoms. The summed E-state index contributed by atoms with van der Waals surface area (Å²) in [6.07, 6.45) is 3.54. The summed E-state index contributed by atoms with van der Waals surface area (Å²) in [5.74, 6) is -0.386. The van der Waals surface area contributed by atoms with E-state index in [0.717, 1.165) is 12.0 Å². The molecule has 1 aromatic carbocycles. The molecule has 0 heterocycles. The summed E-state index contributed by atoms with van der Waals surface area (Å²) in [6.45, 7) is 5.07. The average molecular weight is 285 g/mol. The van der Waals surface area contributed by atoms with Gasteiger partial charge in [-0.1, -0.05) is 31.5 Å². The fourth-order valence-corrected chi connectivity index (χ4v) is 3.08. The van der Waals surface area contributed by atoms with Gasteiger partial charge in [0.2, 0.25) is 0 Å². The Labute approximate surface area is 119 Å². The zero-order chi connectivity index (χ0) is 14.0. The average Bonchev–Trinajstić information content (AvgIpc) is 2.69. The minimum atomic E-state index is -0.386. The number of nitrogens with one attached hydrogen (secondary N) is 1. The third-order valence-corrected chi connectivity index (χ3v) is 4.28. The van der Waals surface area contributed by atoms with E-state index in [1.807, 2.05) is 0 Å². The van der Waals surface area contributed by atoms with Gasteiger partial charge in [-0.25, -0.2) is 4.39 Å². The van der Waals surface area contributed by atoms with Crippen LogP contribution in [-0.2, 0) is 0 Å². The first kappa shape index (κ1) is 14.8. The first-order valence-electron chi connectivity index (χ1n) is 6.82. The molecule has 2 unspecified atom stereocenters. The summed E-state index contributed by atoms with van der Waals surface area (Å²) in [5, 5.41) is 3.74. The number of halogens is 2. The summed E-state index contributed by atoms with van der Waals surface area (Å²) in [5.41, 5.74) is 7.20. The minimum Gasteiger partial charge on any atom is -0.329 e. The highest BCUT2D eigenvalue weighted by molar-refractivity contribution is 6.30. The van der Waals surface area contributed by atoms with E-state index in [2.05, 4.69) is 19.2 Å². The molecular weight excluding hydrogens is 263 g/mol. The molecule has 1 fully saturated rings. The zero-order valence-corrected chi connectivity index (χ0v) is 12.3. The molecule has 2 rings (SSSR count). The Morgan fingerprint density at radius 3 is 2.79 bits per heavy atom. The van der Waals surface area contributed by atoms with Crippen LogP contribution in [0.4, 0.5) is 4.39 Å². The molecule has 1 aliphatic rings.